The van der Waals surface area contributed by atoms with Crippen molar-refractivity contribution in [2.45, 2.75) is 84.5 Å². The van der Waals surface area contributed by atoms with Crippen LogP contribution in [0.25, 0.3) is 76.1 Å². The number of fused-ring (bicyclic) bond motifs is 14. The monoisotopic (exact) mass is 993 g/mol. The molecule has 0 saturated carbocycles. The number of hydrogen-bond acceptors (Lipinski definition) is 2. The first-order valence-electron chi connectivity index (χ1n) is 27.7. The third-order valence-corrected chi connectivity index (χ3v) is 17.7. The lowest BCUT2D eigenvalue weighted by atomic mass is 9.79. The fourth-order valence-corrected chi connectivity index (χ4v) is 13.5. The molecular weight excluding hydrogens is 929 g/mol. The van der Waals surface area contributed by atoms with E-state index in [0.29, 0.717) is 5.92 Å². The molecule has 0 N–H and O–H groups in total. The maximum absolute atomic E-state index is 2.59. The van der Waals surface area contributed by atoms with Gasteiger partial charge in [0.1, 0.15) is 0 Å². The van der Waals surface area contributed by atoms with E-state index in [9.17, 15) is 0 Å². The molecule has 0 fully saturated rings. The molecule has 0 saturated heterocycles. The quantitative estimate of drug-likeness (QED) is 0.147. The van der Waals surface area contributed by atoms with Gasteiger partial charge < -0.3 is 9.80 Å². The predicted octanol–water partition coefficient (Wildman–Crippen LogP) is 21.4. The van der Waals surface area contributed by atoms with Crippen molar-refractivity contribution < 1.29 is 0 Å². The van der Waals surface area contributed by atoms with Crippen LogP contribution in [-0.2, 0) is 16.2 Å². The lowest BCUT2D eigenvalue weighted by molar-refractivity contribution is 0.590. The van der Waals surface area contributed by atoms with E-state index in [4.69, 9.17) is 0 Å². The van der Waals surface area contributed by atoms with Crippen molar-refractivity contribution in [3.05, 3.63) is 252 Å². The average molecular weight is 993 g/mol. The number of nitrogens with zero attached hydrogens (tertiary/aromatic N) is 2. The van der Waals surface area contributed by atoms with Crippen LogP contribution in [0.4, 0.5) is 34.1 Å². The molecule has 14 rings (SSSR count). The summed E-state index contributed by atoms with van der Waals surface area (Å²) in [6.07, 6.45) is 0. The first-order valence-corrected chi connectivity index (χ1v) is 27.7. The largest absolute Gasteiger partial charge is 0.310 e. The molecule has 12 aromatic rings. The van der Waals surface area contributed by atoms with Gasteiger partial charge in [-0.25, -0.2) is 0 Å². The molecule has 0 unspecified atom stereocenters. The molecule has 77 heavy (non-hydrogen) atoms. The van der Waals surface area contributed by atoms with Gasteiger partial charge in [0.2, 0.25) is 0 Å². The Labute approximate surface area is 453 Å². The molecule has 0 atom stereocenters. The van der Waals surface area contributed by atoms with Crippen LogP contribution in [0.15, 0.2) is 218 Å². The van der Waals surface area contributed by atoms with Crippen molar-refractivity contribution in [1.82, 2.24) is 0 Å². The van der Waals surface area contributed by atoms with Crippen LogP contribution in [0, 0.1) is 0 Å². The molecule has 374 valence electrons. The first-order chi connectivity index (χ1) is 37.2. The van der Waals surface area contributed by atoms with Crippen molar-refractivity contribution in [1.29, 1.82) is 0 Å². The van der Waals surface area contributed by atoms with Gasteiger partial charge in [-0.2, -0.15) is 0 Å². The van der Waals surface area contributed by atoms with Crippen LogP contribution in [0.5, 0.6) is 0 Å². The molecule has 0 radical (unpaired) electrons. The second-order valence-corrected chi connectivity index (χ2v) is 24.3. The SMILES string of the molecule is CC(C)c1ccc(N(c2ccc3c(c2)C(C)(C)c2cc4c(cc2-3)C(C)(C)c2cc(N(c3ccc(C(C)(C)C)cc3)c3cc5ccccc5c5ccccc35)c3ccccc3c2-4)c2cc3ccccc3c3ccccc23)cc1. The topological polar surface area (TPSA) is 6.48 Å². The standard InChI is InChI=1S/C75H64N2/c1-46(2)47-30-34-51(35-31-47)76(69-40-48-20-10-12-22-54(48)56-24-14-16-26-59(56)69)53-38-39-58-63-43-67-64(44-66(63)74(6,7)65(58)42-53)72-62-29-19-18-28-61(62)71(45-68(72)75(67,8)9)77(52-36-32-50(33-37-52)73(3,4)5)70-41-49-21-11-13-23-55(49)57-25-15-17-27-60(57)70/h10-46H,1-9H3. The highest BCUT2D eigenvalue weighted by molar-refractivity contribution is 6.18. The Hall–Kier alpha value is -8.46. The summed E-state index contributed by atoms with van der Waals surface area (Å²) in [6, 6.07) is 83.2. The third-order valence-electron chi connectivity index (χ3n) is 17.7. The Morgan fingerprint density at radius 2 is 0.753 bits per heavy atom. The van der Waals surface area contributed by atoms with E-state index in [-0.39, 0.29) is 16.2 Å². The second kappa shape index (κ2) is 17.0. The van der Waals surface area contributed by atoms with Crippen molar-refractivity contribution in [3.8, 4) is 22.3 Å². The Morgan fingerprint density at radius 1 is 0.338 bits per heavy atom. The molecule has 0 aliphatic heterocycles. The fraction of sp³-hybridized carbons (Fsp3) is 0.173. The third kappa shape index (κ3) is 7.14. The van der Waals surface area contributed by atoms with Gasteiger partial charge in [-0.15, -0.1) is 0 Å². The Kier molecular flexibility index (Phi) is 10.4. The van der Waals surface area contributed by atoms with E-state index in [0.717, 1.165) is 17.1 Å². The van der Waals surface area contributed by atoms with Gasteiger partial charge in [0.15, 0.2) is 0 Å². The minimum absolute atomic E-state index is 0.0281. The second-order valence-electron chi connectivity index (χ2n) is 24.3. The lowest BCUT2D eigenvalue weighted by Crippen LogP contribution is -2.18. The smallest absolute Gasteiger partial charge is 0.0546 e. The lowest BCUT2D eigenvalue weighted by Gasteiger charge is -2.31. The van der Waals surface area contributed by atoms with Gasteiger partial charge in [-0.3, -0.25) is 0 Å². The van der Waals surface area contributed by atoms with Gasteiger partial charge in [-0.1, -0.05) is 214 Å². The van der Waals surface area contributed by atoms with E-state index >= 15 is 0 Å². The van der Waals surface area contributed by atoms with Gasteiger partial charge in [0.05, 0.1) is 17.1 Å². The Balaban J connectivity index is 0.945. The van der Waals surface area contributed by atoms with E-state index in [2.05, 4.69) is 291 Å². The van der Waals surface area contributed by atoms with Crippen LogP contribution in [0.3, 0.4) is 0 Å². The summed E-state index contributed by atoms with van der Waals surface area (Å²) >= 11 is 0. The summed E-state index contributed by atoms with van der Waals surface area (Å²) in [7, 11) is 0. The van der Waals surface area contributed by atoms with E-state index in [1.54, 1.807) is 0 Å². The molecule has 0 amide bonds. The zero-order valence-corrected chi connectivity index (χ0v) is 45.8. The molecule has 12 aromatic carbocycles. The molecule has 2 aliphatic carbocycles. The van der Waals surface area contributed by atoms with Crippen molar-refractivity contribution in [3.63, 3.8) is 0 Å². The van der Waals surface area contributed by atoms with Gasteiger partial charge >= 0.3 is 0 Å². The zero-order chi connectivity index (χ0) is 52.7. The van der Waals surface area contributed by atoms with Gasteiger partial charge in [-0.05, 0) is 171 Å². The minimum atomic E-state index is -0.297. The summed E-state index contributed by atoms with van der Waals surface area (Å²) < 4.78 is 0. The van der Waals surface area contributed by atoms with Crippen LogP contribution in [0.1, 0.15) is 102 Å². The Bertz CT molecular complexity index is 4390. The highest BCUT2D eigenvalue weighted by Crippen LogP contribution is 2.60. The summed E-state index contributed by atoms with van der Waals surface area (Å²) in [5.41, 5.74) is 20.0. The summed E-state index contributed by atoms with van der Waals surface area (Å²) in [4.78, 5) is 5.06. The average Bonchev–Trinajstić information content (AvgIpc) is 4.00. The molecule has 0 aromatic heterocycles. The maximum atomic E-state index is 2.59. The highest BCUT2D eigenvalue weighted by Gasteiger charge is 2.43. The molecular formula is C75H64N2. The summed E-state index contributed by atoms with van der Waals surface area (Å²) in [5, 5.41) is 12.5. The van der Waals surface area contributed by atoms with Crippen LogP contribution < -0.4 is 9.80 Å². The van der Waals surface area contributed by atoms with Crippen molar-refractivity contribution in [2.24, 2.45) is 0 Å². The highest BCUT2D eigenvalue weighted by atomic mass is 15.2. The number of hydrogen-bond donors (Lipinski definition) is 0. The van der Waals surface area contributed by atoms with Crippen molar-refractivity contribution in [2.75, 3.05) is 9.80 Å². The number of rotatable bonds is 7. The first kappa shape index (κ1) is 47.0. The molecule has 2 aliphatic rings. The molecule has 2 nitrogen and oxygen atoms in total. The summed E-state index contributed by atoms with van der Waals surface area (Å²) in [6.45, 7) is 21.2. The fourth-order valence-electron chi connectivity index (χ4n) is 13.5. The van der Waals surface area contributed by atoms with Crippen LogP contribution >= 0.6 is 0 Å². The van der Waals surface area contributed by atoms with E-state index in [1.165, 1.54) is 127 Å². The van der Waals surface area contributed by atoms with Crippen LogP contribution in [-0.4, -0.2) is 0 Å². The summed E-state index contributed by atoms with van der Waals surface area (Å²) in [5.74, 6) is 0.444. The van der Waals surface area contributed by atoms with Gasteiger partial charge in [0.25, 0.3) is 0 Å². The molecule has 2 heteroatoms. The predicted molar refractivity (Wildman–Crippen MR) is 331 cm³/mol. The number of benzene rings is 12. The van der Waals surface area contributed by atoms with Gasteiger partial charge in [0, 0.05) is 44.1 Å². The maximum Gasteiger partial charge on any atom is 0.0546 e. The van der Waals surface area contributed by atoms with E-state index in [1.807, 2.05) is 0 Å². The molecule has 0 heterocycles. The normalized spacial score (nSPS) is 14.1. The van der Waals surface area contributed by atoms with Crippen molar-refractivity contribution >= 4 is 88.0 Å². The molecule has 0 bridgehead atoms. The van der Waals surface area contributed by atoms with Crippen LogP contribution in [0.2, 0.25) is 0 Å². The molecule has 0 spiro atoms. The Morgan fingerprint density at radius 3 is 1.32 bits per heavy atom. The minimum Gasteiger partial charge on any atom is -0.310 e. The zero-order valence-electron chi connectivity index (χ0n) is 45.8. The number of anilines is 6. The van der Waals surface area contributed by atoms with E-state index < -0.39 is 0 Å².